The normalized spacial score (nSPS) is 30.7. The van der Waals surface area contributed by atoms with Crippen LogP contribution in [0.15, 0.2) is 24.3 Å². The zero-order valence-electron chi connectivity index (χ0n) is 17.8. The minimum Gasteiger partial charge on any atom is -0.486 e. The first kappa shape index (κ1) is 22.3. The number of amides is 1. The molecular weight excluding hydrogens is 424 g/mol. The number of fused-ring (bicyclic) bond motifs is 2. The molecule has 1 aromatic rings. The molecule has 1 aromatic carbocycles. The van der Waals surface area contributed by atoms with Crippen LogP contribution in [0.2, 0.25) is 0 Å². The van der Waals surface area contributed by atoms with E-state index in [-0.39, 0.29) is 43.2 Å². The second kappa shape index (κ2) is 8.93. The SMILES string of the molecule is CO[C@@H]1CN(C(=O)O)C[C@H]1Oc1cccc(CS(=O)(=O)N(C)C2C[C@H]3CC[C@@H](C2)O3)c1. The van der Waals surface area contributed by atoms with Crippen molar-refractivity contribution in [1.82, 2.24) is 9.21 Å². The van der Waals surface area contributed by atoms with Gasteiger partial charge in [0.05, 0.1) is 31.1 Å². The molecule has 1 unspecified atom stereocenters. The number of ether oxygens (including phenoxy) is 3. The van der Waals surface area contributed by atoms with E-state index < -0.39 is 22.2 Å². The largest absolute Gasteiger partial charge is 0.486 e. The number of hydrogen-bond acceptors (Lipinski definition) is 6. The van der Waals surface area contributed by atoms with Crippen LogP contribution in [-0.2, 0) is 25.2 Å². The third-order valence-electron chi connectivity index (χ3n) is 6.54. The van der Waals surface area contributed by atoms with Gasteiger partial charge in [-0.3, -0.25) is 0 Å². The minimum atomic E-state index is -3.50. The molecule has 9 nitrogen and oxygen atoms in total. The predicted molar refractivity (Wildman–Crippen MR) is 113 cm³/mol. The highest BCUT2D eigenvalue weighted by Crippen LogP contribution is 2.35. The van der Waals surface area contributed by atoms with Gasteiger partial charge in [0, 0.05) is 20.2 Å². The number of nitrogens with zero attached hydrogens (tertiary/aromatic N) is 2. The lowest BCUT2D eigenvalue weighted by molar-refractivity contribution is -0.0189. The first-order chi connectivity index (χ1) is 14.7. The molecule has 3 aliphatic heterocycles. The quantitative estimate of drug-likeness (QED) is 0.671. The van der Waals surface area contributed by atoms with Crippen LogP contribution < -0.4 is 4.74 Å². The van der Waals surface area contributed by atoms with Crippen molar-refractivity contribution < 1.29 is 32.5 Å². The van der Waals surface area contributed by atoms with E-state index in [0.717, 1.165) is 25.7 Å². The summed E-state index contributed by atoms with van der Waals surface area (Å²) in [6, 6.07) is 6.93. The molecule has 10 heteroatoms. The van der Waals surface area contributed by atoms with Gasteiger partial charge in [-0.05, 0) is 43.4 Å². The van der Waals surface area contributed by atoms with Crippen molar-refractivity contribution in [2.75, 3.05) is 27.2 Å². The molecule has 0 radical (unpaired) electrons. The fraction of sp³-hybridized carbons (Fsp3) is 0.667. The van der Waals surface area contributed by atoms with Gasteiger partial charge >= 0.3 is 6.09 Å². The van der Waals surface area contributed by atoms with Crippen molar-refractivity contribution in [3.63, 3.8) is 0 Å². The summed E-state index contributed by atoms with van der Waals surface area (Å²) >= 11 is 0. The number of carboxylic acid groups (broad SMARTS) is 1. The molecule has 3 saturated heterocycles. The number of benzene rings is 1. The second-order valence-electron chi connectivity index (χ2n) is 8.62. The Balaban J connectivity index is 1.41. The summed E-state index contributed by atoms with van der Waals surface area (Å²) < 4.78 is 44.8. The summed E-state index contributed by atoms with van der Waals surface area (Å²) in [6.45, 7) is 0.438. The Morgan fingerprint density at radius 3 is 2.55 bits per heavy atom. The van der Waals surface area contributed by atoms with Crippen LogP contribution in [-0.4, -0.2) is 86.5 Å². The summed E-state index contributed by atoms with van der Waals surface area (Å²) in [4.78, 5) is 12.5. The van der Waals surface area contributed by atoms with Gasteiger partial charge in [-0.1, -0.05) is 12.1 Å². The Morgan fingerprint density at radius 1 is 1.23 bits per heavy atom. The van der Waals surface area contributed by atoms with E-state index in [0.29, 0.717) is 11.3 Å². The van der Waals surface area contributed by atoms with Gasteiger partial charge in [0.2, 0.25) is 10.0 Å². The van der Waals surface area contributed by atoms with Gasteiger partial charge in [0.15, 0.2) is 0 Å². The smallest absolute Gasteiger partial charge is 0.407 e. The van der Waals surface area contributed by atoms with E-state index in [2.05, 4.69) is 0 Å². The third kappa shape index (κ3) is 4.97. The second-order valence-corrected chi connectivity index (χ2v) is 10.6. The van der Waals surface area contributed by atoms with E-state index in [1.54, 1.807) is 31.3 Å². The molecule has 2 bridgehead atoms. The van der Waals surface area contributed by atoms with Gasteiger partial charge < -0.3 is 24.2 Å². The van der Waals surface area contributed by atoms with Crippen LogP contribution in [0.5, 0.6) is 5.75 Å². The van der Waals surface area contributed by atoms with E-state index in [4.69, 9.17) is 14.2 Å². The number of methoxy groups -OCH3 is 1. The molecule has 0 aromatic heterocycles. The summed E-state index contributed by atoms with van der Waals surface area (Å²) in [7, 11) is -0.318. The summed E-state index contributed by atoms with van der Waals surface area (Å²) in [5.74, 6) is 0.381. The molecule has 1 N–H and O–H groups in total. The lowest BCUT2D eigenvalue weighted by Crippen LogP contribution is -2.43. The van der Waals surface area contributed by atoms with Gasteiger partial charge in [0.1, 0.15) is 18.0 Å². The van der Waals surface area contributed by atoms with E-state index in [1.807, 2.05) is 0 Å². The first-order valence-electron chi connectivity index (χ1n) is 10.6. The van der Waals surface area contributed by atoms with E-state index in [9.17, 15) is 18.3 Å². The standard InChI is InChI=1S/C21H30N2O7S/c1-22(15-9-17-6-7-18(10-15)29-17)31(26,27)13-14-4-3-5-16(8-14)30-20-12-23(21(24)25)11-19(20)28-2/h3-5,8,15,17-20H,6-7,9-13H2,1-2H3,(H,24,25)/t15?,17-,18+,19-,20-/m1/s1. The predicted octanol–water partition coefficient (Wildman–Crippen LogP) is 1.91. The van der Waals surface area contributed by atoms with Gasteiger partial charge in [-0.15, -0.1) is 0 Å². The van der Waals surface area contributed by atoms with Crippen LogP contribution in [0.1, 0.15) is 31.2 Å². The molecule has 5 atom stereocenters. The van der Waals surface area contributed by atoms with Crippen molar-refractivity contribution >= 4 is 16.1 Å². The van der Waals surface area contributed by atoms with Crippen LogP contribution in [0.4, 0.5) is 4.79 Å². The zero-order chi connectivity index (χ0) is 22.2. The first-order valence-corrected chi connectivity index (χ1v) is 12.2. The average Bonchev–Trinajstić information content (AvgIpc) is 3.29. The van der Waals surface area contributed by atoms with E-state index in [1.165, 1.54) is 16.3 Å². The zero-order valence-corrected chi connectivity index (χ0v) is 18.7. The highest BCUT2D eigenvalue weighted by molar-refractivity contribution is 7.88. The molecule has 31 heavy (non-hydrogen) atoms. The highest BCUT2D eigenvalue weighted by Gasteiger charge is 2.40. The maximum atomic E-state index is 13.1. The fourth-order valence-electron chi connectivity index (χ4n) is 4.79. The maximum absolute atomic E-state index is 13.1. The Morgan fingerprint density at radius 2 is 1.90 bits per heavy atom. The molecule has 0 saturated carbocycles. The molecular formula is C21H30N2O7S. The average molecular weight is 455 g/mol. The van der Waals surface area contributed by atoms with Crippen molar-refractivity contribution in [2.45, 2.75) is 61.9 Å². The maximum Gasteiger partial charge on any atom is 0.407 e. The monoisotopic (exact) mass is 454 g/mol. The van der Waals surface area contributed by atoms with Crippen molar-refractivity contribution in [3.05, 3.63) is 29.8 Å². The summed E-state index contributed by atoms with van der Waals surface area (Å²) in [5.41, 5.74) is 0.626. The van der Waals surface area contributed by atoms with Crippen LogP contribution in [0, 0.1) is 0 Å². The lowest BCUT2D eigenvalue weighted by Gasteiger charge is -2.34. The van der Waals surface area contributed by atoms with Crippen molar-refractivity contribution in [3.8, 4) is 5.75 Å². The van der Waals surface area contributed by atoms with Gasteiger partial charge in [-0.25, -0.2) is 17.5 Å². The topological polar surface area (TPSA) is 106 Å². The molecule has 3 fully saturated rings. The highest BCUT2D eigenvalue weighted by atomic mass is 32.2. The number of carbonyl (C=O) groups is 1. The Bertz CT molecular complexity index is 897. The minimum absolute atomic E-state index is 0.0290. The molecule has 0 spiro atoms. The molecule has 1 amide bonds. The van der Waals surface area contributed by atoms with E-state index >= 15 is 0 Å². The number of likely N-dealkylation sites (tertiary alicyclic amines) is 1. The fourth-order valence-corrected chi connectivity index (χ4v) is 6.22. The Labute approximate surface area is 182 Å². The van der Waals surface area contributed by atoms with Crippen LogP contribution in [0.3, 0.4) is 0 Å². The molecule has 0 aliphatic carbocycles. The Hall–Kier alpha value is -1.88. The molecule has 4 rings (SSSR count). The molecule has 3 aliphatic rings. The number of rotatable bonds is 7. The van der Waals surface area contributed by atoms with Crippen LogP contribution >= 0.6 is 0 Å². The summed E-state index contributed by atoms with van der Waals surface area (Å²) in [5, 5.41) is 9.21. The number of hydrogen-bond donors (Lipinski definition) is 1. The van der Waals surface area contributed by atoms with Gasteiger partial charge in [0.25, 0.3) is 0 Å². The molecule has 3 heterocycles. The van der Waals surface area contributed by atoms with Gasteiger partial charge in [-0.2, -0.15) is 0 Å². The van der Waals surface area contributed by atoms with Crippen LogP contribution in [0.25, 0.3) is 0 Å². The number of sulfonamides is 1. The van der Waals surface area contributed by atoms with Crippen molar-refractivity contribution in [1.29, 1.82) is 0 Å². The molecule has 172 valence electrons. The van der Waals surface area contributed by atoms with Crippen molar-refractivity contribution in [2.24, 2.45) is 0 Å². The third-order valence-corrected chi connectivity index (χ3v) is 8.42. The lowest BCUT2D eigenvalue weighted by atomic mass is 10.0. The summed E-state index contributed by atoms with van der Waals surface area (Å²) in [6.07, 6.45) is 2.01. The Kier molecular flexibility index (Phi) is 6.43.